The minimum Gasteiger partial charge on any atom is -0.480 e. The number of likely N-dealkylation sites (N-methyl/N-ethyl adjacent to an activating group) is 1. The number of carbonyl (C=O) groups excluding carboxylic acids is 1. The fourth-order valence-electron chi connectivity index (χ4n) is 3.42. The Hall–Kier alpha value is -2.62. The molecule has 4 heteroatoms. The van der Waals surface area contributed by atoms with E-state index in [4.69, 9.17) is 5.11 Å². The van der Waals surface area contributed by atoms with Gasteiger partial charge < -0.3 is 10.0 Å². The molecule has 0 aliphatic heterocycles. The number of nitrogens with zero attached hydrogens (tertiary/aromatic N) is 1. The highest BCUT2D eigenvalue weighted by Crippen LogP contribution is 2.23. The van der Waals surface area contributed by atoms with E-state index in [1.165, 1.54) is 32.1 Å². The molecule has 0 saturated heterocycles. The smallest absolute Gasteiger partial charge is 0.323 e. The van der Waals surface area contributed by atoms with Crippen LogP contribution in [0.1, 0.15) is 63.9 Å². The molecule has 2 aromatic rings. The number of anilines is 1. The summed E-state index contributed by atoms with van der Waals surface area (Å²) in [5.74, 6) is -0.668. The zero-order chi connectivity index (χ0) is 21.1. The number of carbonyl (C=O) groups is 2. The van der Waals surface area contributed by atoms with E-state index in [2.05, 4.69) is 6.92 Å². The van der Waals surface area contributed by atoms with Crippen LogP contribution in [0.3, 0.4) is 0 Å². The molecule has 0 atom stereocenters. The van der Waals surface area contributed by atoms with Gasteiger partial charge in [-0.25, -0.2) is 0 Å². The highest BCUT2D eigenvalue weighted by atomic mass is 16.4. The molecule has 0 amide bonds. The van der Waals surface area contributed by atoms with Gasteiger partial charge in [0.1, 0.15) is 6.54 Å². The van der Waals surface area contributed by atoms with E-state index in [1.54, 1.807) is 18.0 Å². The molecule has 0 aliphatic carbocycles. The molecule has 0 aromatic heterocycles. The van der Waals surface area contributed by atoms with Gasteiger partial charge in [0.2, 0.25) is 0 Å². The van der Waals surface area contributed by atoms with Crippen molar-refractivity contribution in [2.45, 2.75) is 58.3 Å². The maximum absolute atomic E-state index is 12.1. The standard InChI is InChI=1S/C25H33NO3/c1-3-4-5-6-7-8-9-10-24(27)16-12-20-11-13-22-18-23(15-14-21(22)17-20)26(2)19-25(28)29/h11-18H,3-10,19H2,1-2H3,(H,28,29). The Kier molecular flexibility index (Phi) is 9.42. The molecule has 2 rings (SSSR count). The Bertz CT molecular complexity index is 841. The lowest BCUT2D eigenvalue weighted by Crippen LogP contribution is -2.24. The Morgan fingerprint density at radius 3 is 2.31 bits per heavy atom. The first-order valence-electron chi connectivity index (χ1n) is 10.7. The van der Waals surface area contributed by atoms with E-state index < -0.39 is 5.97 Å². The molecule has 0 bridgehead atoms. The topological polar surface area (TPSA) is 57.6 Å². The van der Waals surface area contributed by atoms with Gasteiger partial charge in [0.25, 0.3) is 0 Å². The molecule has 156 valence electrons. The number of unbranched alkanes of at least 4 members (excludes halogenated alkanes) is 6. The molecule has 0 saturated carbocycles. The second kappa shape index (κ2) is 12.1. The van der Waals surface area contributed by atoms with E-state index in [9.17, 15) is 9.59 Å². The third kappa shape index (κ3) is 8.10. The first kappa shape index (κ1) is 22.7. The van der Waals surface area contributed by atoms with Gasteiger partial charge in [-0.2, -0.15) is 0 Å². The average Bonchev–Trinajstić information content (AvgIpc) is 2.70. The third-order valence-electron chi connectivity index (χ3n) is 5.15. The number of rotatable bonds is 13. The Morgan fingerprint density at radius 2 is 1.59 bits per heavy atom. The normalized spacial score (nSPS) is 11.2. The van der Waals surface area contributed by atoms with Crippen molar-refractivity contribution in [1.29, 1.82) is 0 Å². The van der Waals surface area contributed by atoms with Crippen molar-refractivity contribution in [3.63, 3.8) is 0 Å². The van der Waals surface area contributed by atoms with Crippen LogP contribution in [-0.4, -0.2) is 30.5 Å². The molecular formula is C25H33NO3. The number of ketones is 1. The van der Waals surface area contributed by atoms with Gasteiger partial charge in [-0.15, -0.1) is 0 Å². The van der Waals surface area contributed by atoms with E-state index in [1.807, 2.05) is 42.5 Å². The molecule has 1 N–H and O–H groups in total. The number of hydrogen-bond donors (Lipinski definition) is 1. The van der Waals surface area contributed by atoms with E-state index in [0.717, 1.165) is 34.9 Å². The number of carboxylic acids is 1. The van der Waals surface area contributed by atoms with Crippen molar-refractivity contribution < 1.29 is 14.7 Å². The number of allylic oxidation sites excluding steroid dienone is 1. The predicted molar refractivity (Wildman–Crippen MR) is 122 cm³/mol. The Labute approximate surface area is 174 Å². The van der Waals surface area contributed by atoms with Crippen LogP contribution < -0.4 is 4.90 Å². The molecular weight excluding hydrogens is 362 g/mol. The summed E-state index contributed by atoms with van der Waals surface area (Å²) < 4.78 is 0. The van der Waals surface area contributed by atoms with E-state index in [-0.39, 0.29) is 12.3 Å². The van der Waals surface area contributed by atoms with Crippen molar-refractivity contribution in [3.8, 4) is 0 Å². The lowest BCUT2D eigenvalue weighted by molar-refractivity contribution is -0.135. The van der Waals surface area contributed by atoms with Crippen molar-refractivity contribution >= 4 is 34.3 Å². The van der Waals surface area contributed by atoms with Gasteiger partial charge in [0.05, 0.1) is 0 Å². The molecule has 2 aromatic carbocycles. The van der Waals surface area contributed by atoms with E-state index >= 15 is 0 Å². The van der Waals surface area contributed by atoms with Crippen LogP contribution in [-0.2, 0) is 9.59 Å². The van der Waals surface area contributed by atoms with Gasteiger partial charge in [-0.1, -0.05) is 69.7 Å². The maximum atomic E-state index is 12.1. The summed E-state index contributed by atoms with van der Waals surface area (Å²) in [5, 5.41) is 11.0. The maximum Gasteiger partial charge on any atom is 0.323 e. The highest BCUT2D eigenvalue weighted by molar-refractivity contribution is 5.94. The monoisotopic (exact) mass is 395 g/mol. The number of hydrogen-bond acceptors (Lipinski definition) is 3. The quantitative estimate of drug-likeness (QED) is 0.330. The second-order valence-electron chi connectivity index (χ2n) is 7.71. The molecule has 0 unspecified atom stereocenters. The summed E-state index contributed by atoms with van der Waals surface area (Å²) in [6.07, 6.45) is 12.7. The lowest BCUT2D eigenvalue weighted by atomic mass is 10.0. The minimum atomic E-state index is -0.853. The van der Waals surface area contributed by atoms with Gasteiger partial charge in [0, 0.05) is 19.2 Å². The number of aliphatic carboxylic acids is 1. The fourth-order valence-corrected chi connectivity index (χ4v) is 3.42. The van der Waals surface area contributed by atoms with Crippen LogP contribution >= 0.6 is 0 Å². The third-order valence-corrected chi connectivity index (χ3v) is 5.15. The number of carboxylic acid groups (broad SMARTS) is 1. The van der Waals surface area contributed by atoms with Crippen molar-refractivity contribution in [3.05, 3.63) is 48.0 Å². The highest BCUT2D eigenvalue weighted by Gasteiger charge is 2.06. The number of benzene rings is 2. The summed E-state index contributed by atoms with van der Waals surface area (Å²) in [7, 11) is 1.77. The van der Waals surface area contributed by atoms with Crippen LogP contribution in [0, 0.1) is 0 Å². The SMILES string of the molecule is CCCCCCCCCC(=O)C=Cc1ccc2cc(N(C)CC(=O)O)ccc2c1. The van der Waals surface area contributed by atoms with Crippen LogP contribution in [0.25, 0.3) is 16.8 Å². The summed E-state index contributed by atoms with van der Waals surface area (Å²) >= 11 is 0. The van der Waals surface area contributed by atoms with Crippen molar-refractivity contribution in [1.82, 2.24) is 0 Å². The van der Waals surface area contributed by atoms with Crippen LogP contribution in [0.4, 0.5) is 5.69 Å². The molecule has 0 aliphatic rings. The summed E-state index contributed by atoms with van der Waals surface area (Å²) in [6, 6.07) is 11.9. The molecule has 0 radical (unpaired) electrons. The zero-order valence-corrected chi connectivity index (χ0v) is 17.7. The van der Waals surface area contributed by atoms with Gasteiger partial charge in [-0.05, 0) is 47.0 Å². The Morgan fingerprint density at radius 1 is 0.931 bits per heavy atom. The summed E-state index contributed by atoms with van der Waals surface area (Å²) in [5.41, 5.74) is 1.87. The van der Waals surface area contributed by atoms with Crippen molar-refractivity contribution in [2.75, 3.05) is 18.5 Å². The molecule has 0 spiro atoms. The average molecular weight is 396 g/mol. The first-order valence-corrected chi connectivity index (χ1v) is 10.7. The predicted octanol–water partition coefficient (Wildman–Crippen LogP) is 6.08. The second-order valence-corrected chi connectivity index (χ2v) is 7.71. The van der Waals surface area contributed by atoms with Crippen LogP contribution in [0.2, 0.25) is 0 Å². The summed E-state index contributed by atoms with van der Waals surface area (Å²) in [6.45, 7) is 2.19. The summed E-state index contributed by atoms with van der Waals surface area (Å²) in [4.78, 5) is 24.7. The molecule has 29 heavy (non-hydrogen) atoms. The fraction of sp³-hybridized carbons (Fsp3) is 0.440. The number of fused-ring (bicyclic) bond motifs is 1. The zero-order valence-electron chi connectivity index (χ0n) is 17.7. The molecule has 4 nitrogen and oxygen atoms in total. The van der Waals surface area contributed by atoms with Crippen LogP contribution in [0.15, 0.2) is 42.5 Å². The van der Waals surface area contributed by atoms with E-state index in [0.29, 0.717) is 6.42 Å². The lowest BCUT2D eigenvalue weighted by Gasteiger charge is -2.17. The van der Waals surface area contributed by atoms with Gasteiger partial charge >= 0.3 is 5.97 Å². The van der Waals surface area contributed by atoms with Crippen LogP contribution in [0.5, 0.6) is 0 Å². The largest absolute Gasteiger partial charge is 0.480 e. The first-order chi connectivity index (χ1) is 14.0. The minimum absolute atomic E-state index is 0.0345. The molecule has 0 heterocycles. The Balaban J connectivity index is 1.86. The van der Waals surface area contributed by atoms with Crippen molar-refractivity contribution in [2.24, 2.45) is 0 Å². The van der Waals surface area contributed by atoms with Gasteiger partial charge in [0.15, 0.2) is 5.78 Å². The van der Waals surface area contributed by atoms with Gasteiger partial charge in [-0.3, -0.25) is 9.59 Å². The molecule has 0 fully saturated rings.